The fraction of sp³-hybridized carbons (Fsp3) is 0.619. The van der Waals surface area contributed by atoms with Gasteiger partial charge in [0.25, 0.3) is 5.91 Å². The average Bonchev–Trinajstić information content (AvgIpc) is 3.46. The number of aromatic nitrogens is 2. The van der Waals surface area contributed by atoms with E-state index in [1.165, 1.54) is 18.9 Å². The van der Waals surface area contributed by atoms with Crippen LogP contribution in [0.4, 0.5) is 8.78 Å². The van der Waals surface area contributed by atoms with Crippen LogP contribution in [0.1, 0.15) is 36.0 Å². The molecule has 2 aromatic rings. The van der Waals surface area contributed by atoms with Crippen molar-refractivity contribution in [2.75, 3.05) is 32.8 Å². The number of alkyl halides is 2. The number of fused-ring (bicyclic) bond motifs is 1. The van der Waals surface area contributed by atoms with Crippen molar-refractivity contribution in [1.82, 2.24) is 20.4 Å². The maximum atomic E-state index is 13.1. The largest absolute Gasteiger partial charge is 0.433 e. The molecule has 0 atom stereocenters. The lowest BCUT2D eigenvalue weighted by atomic mass is 9.98. The summed E-state index contributed by atoms with van der Waals surface area (Å²) in [6.07, 6.45) is 6.20. The van der Waals surface area contributed by atoms with Crippen molar-refractivity contribution in [2.24, 2.45) is 11.8 Å². The summed E-state index contributed by atoms with van der Waals surface area (Å²) in [5.74, 6) is 0.540. The van der Waals surface area contributed by atoms with E-state index in [0.29, 0.717) is 49.0 Å². The Labute approximate surface area is 186 Å². The van der Waals surface area contributed by atoms with Gasteiger partial charge >= 0.3 is 6.61 Å². The van der Waals surface area contributed by atoms with Gasteiger partial charge in [-0.1, -0.05) is 0 Å². The molecule has 31 heavy (non-hydrogen) atoms. The van der Waals surface area contributed by atoms with E-state index < -0.39 is 12.5 Å². The van der Waals surface area contributed by atoms with Gasteiger partial charge in [0.15, 0.2) is 0 Å². The van der Waals surface area contributed by atoms with Crippen LogP contribution in [-0.4, -0.2) is 55.1 Å². The van der Waals surface area contributed by atoms with E-state index >= 15 is 0 Å². The number of rotatable bonds is 10. The van der Waals surface area contributed by atoms with E-state index in [2.05, 4.69) is 15.7 Å². The van der Waals surface area contributed by atoms with E-state index in [9.17, 15) is 13.6 Å². The first-order valence-corrected chi connectivity index (χ1v) is 10.6. The highest BCUT2D eigenvalue weighted by Gasteiger charge is 2.23. The molecule has 1 aliphatic carbocycles. The lowest BCUT2D eigenvalue weighted by Gasteiger charge is -2.22. The fourth-order valence-corrected chi connectivity index (χ4v) is 3.80. The number of carbonyl (C=O) groups excluding carboxylic acids is 1. The number of benzene rings is 1. The molecule has 0 radical (unpaired) electrons. The van der Waals surface area contributed by atoms with Crippen molar-refractivity contribution in [1.29, 1.82) is 0 Å². The van der Waals surface area contributed by atoms with Crippen LogP contribution in [0.25, 0.3) is 10.9 Å². The average molecular weight is 459 g/mol. The Bertz CT molecular complexity index is 870. The lowest BCUT2D eigenvalue weighted by Crippen LogP contribution is -2.29. The Morgan fingerprint density at radius 2 is 2.00 bits per heavy atom. The second kappa shape index (κ2) is 11.1. The van der Waals surface area contributed by atoms with E-state index in [0.717, 1.165) is 25.9 Å². The number of piperidine rings is 1. The summed E-state index contributed by atoms with van der Waals surface area (Å²) in [4.78, 5) is 12.6. The Kier molecular flexibility index (Phi) is 8.45. The van der Waals surface area contributed by atoms with Crippen LogP contribution in [0.5, 0.6) is 5.75 Å². The van der Waals surface area contributed by atoms with Gasteiger partial charge in [-0.15, -0.1) is 12.4 Å². The third kappa shape index (κ3) is 6.51. The van der Waals surface area contributed by atoms with E-state index in [1.807, 2.05) is 0 Å². The molecule has 1 amide bonds. The van der Waals surface area contributed by atoms with Crippen molar-refractivity contribution >= 4 is 29.2 Å². The maximum Gasteiger partial charge on any atom is 0.387 e. The summed E-state index contributed by atoms with van der Waals surface area (Å²) in [6, 6.07) is 3.16. The highest BCUT2D eigenvalue weighted by Crippen LogP contribution is 2.31. The molecular weight excluding hydrogens is 430 g/mol. The van der Waals surface area contributed by atoms with Crippen LogP contribution in [0, 0.1) is 11.8 Å². The molecule has 172 valence electrons. The zero-order valence-corrected chi connectivity index (χ0v) is 18.1. The molecule has 1 aromatic heterocycles. The molecule has 2 fully saturated rings. The Morgan fingerprint density at radius 1 is 1.23 bits per heavy atom. The van der Waals surface area contributed by atoms with Crippen molar-refractivity contribution in [3.8, 4) is 5.75 Å². The van der Waals surface area contributed by atoms with Crippen molar-refractivity contribution in [2.45, 2.75) is 38.8 Å². The third-order valence-corrected chi connectivity index (χ3v) is 5.63. The Hall–Kier alpha value is -1.97. The zero-order valence-electron chi connectivity index (χ0n) is 17.3. The first kappa shape index (κ1) is 23.7. The van der Waals surface area contributed by atoms with Gasteiger partial charge in [-0.2, -0.15) is 13.9 Å². The van der Waals surface area contributed by atoms with E-state index in [4.69, 9.17) is 9.47 Å². The van der Waals surface area contributed by atoms with Gasteiger partial charge in [0.1, 0.15) is 5.75 Å². The molecule has 2 heterocycles. The molecule has 1 aromatic carbocycles. The number of nitrogens with zero attached hydrogens (tertiary/aromatic N) is 2. The van der Waals surface area contributed by atoms with Gasteiger partial charge in [0, 0.05) is 25.9 Å². The highest BCUT2D eigenvalue weighted by molar-refractivity contribution is 6.03. The number of hydrogen-bond donors (Lipinski definition) is 2. The SMILES string of the molecule is Cl.O=C(NCCOCC1CC1)c1ccc2nn(CC3CCNCC3)cc2c1OC(F)F. The van der Waals surface area contributed by atoms with Gasteiger partial charge in [-0.05, 0) is 62.7 Å². The molecule has 1 aliphatic heterocycles. The van der Waals surface area contributed by atoms with Crippen LogP contribution in [-0.2, 0) is 11.3 Å². The van der Waals surface area contributed by atoms with Crippen LogP contribution in [0.2, 0.25) is 0 Å². The predicted molar refractivity (Wildman–Crippen MR) is 115 cm³/mol. The van der Waals surface area contributed by atoms with Gasteiger partial charge in [-0.25, -0.2) is 0 Å². The molecule has 2 aliphatic rings. The first-order chi connectivity index (χ1) is 14.6. The molecular formula is C21H29ClF2N4O3. The molecule has 4 rings (SSSR count). The topological polar surface area (TPSA) is 77.4 Å². The molecule has 1 saturated heterocycles. The predicted octanol–water partition coefficient (Wildman–Crippen LogP) is 3.22. The number of hydrogen-bond acceptors (Lipinski definition) is 5. The number of ether oxygens (including phenoxy) is 2. The molecule has 10 heteroatoms. The Balaban J connectivity index is 0.00000272. The number of amides is 1. The summed E-state index contributed by atoms with van der Waals surface area (Å²) in [5, 5.41) is 11.0. The summed E-state index contributed by atoms with van der Waals surface area (Å²) in [7, 11) is 0. The second-order valence-electron chi connectivity index (χ2n) is 8.07. The van der Waals surface area contributed by atoms with Gasteiger partial charge in [-0.3, -0.25) is 9.48 Å². The molecule has 1 saturated carbocycles. The third-order valence-electron chi connectivity index (χ3n) is 5.63. The van der Waals surface area contributed by atoms with Crippen LogP contribution < -0.4 is 15.4 Å². The van der Waals surface area contributed by atoms with Crippen molar-refractivity contribution in [3.05, 3.63) is 23.9 Å². The summed E-state index contributed by atoms with van der Waals surface area (Å²) < 4.78 is 38.2. The first-order valence-electron chi connectivity index (χ1n) is 10.6. The van der Waals surface area contributed by atoms with Crippen LogP contribution in [0.15, 0.2) is 18.3 Å². The minimum atomic E-state index is -3.03. The van der Waals surface area contributed by atoms with Crippen LogP contribution in [0.3, 0.4) is 0 Å². The highest BCUT2D eigenvalue weighted by atomic mass is 35.5. The monoisotopic (exact) mass is 458 g/mol. The van der Waals surface area contributed by atoms with Crippen molar-refractivity contribution < 1.29 is 23.0 Å². The summed E-state index contributed by atoms with van der Waals surface area (Å²) >= 11 is 0. The van der Waals surface area contributed by atoms with Gasteiger partial charge < -0.3 is 20.1 Å². The standard InChI is InChI=1S/C21H28F2N4O3.ClH/c22-21(23)30-19-16(20(28)25-9-10-29-13-15-1-2-15)3-4-18-17(19)12-27(26-18)11-14-5-7-24-8-6-14;/h3-4,12,14-15,21,24H,1-2,5-11,13H2,(H,25,28);1H. The normalized spacial score (nSPS) is 17.0. The Morgan fingerprint density at radius 3 is 2.71 bits per heavy atom. The molecule has 2 N–H and O–H groups in total. The van der Waals surface area contributed by atoms with E-state index in [-0.39, 0.29) is 23.7 Å². The number of nitrogens with one attached hydrogen (secondary N) is 2. The van der Waals surface area contributed by atoms with E-state index in [1.54, 1.807) is 16.9 Å². The number of halogens is 3. The zero-order chi connectivity index (χ0) is 20.9. The van der Waals surface area contributed by atoms with Gasteiger partial charge in [0.05, 0.1) is 23.1 Å². The molecule has 0 bridgehead atoms. The molecule has 0 unspecified atom stereocenters. The van der Waals surface area contributed by atoms with Gasteiger partial charge in [0.2, 0.25) is 0 Å². The minimum absolute atomic E-state index is 0. The quantitative estimate of drug-likeness (QED) is 0.534. The minimum Gasteiger partial charge on any atom is -0.433 e. The van der Waals surface area contributed by atoms with Crippen LogP contribution >= 0.6 is 12.4 Å². The molecule has 7 nitrogen and oxygen atoms in total. The maximum absolute atomic E-state index is 13.1. The van der Waals surface area contributed by atoms with Crippen molar-refractivity contribution in [3.63, 3.8) is 0 Å². The lowest BCUT2D eigenvalue weighted by molar-refractivity contribution is -0.0491. The fourth-order valence-electron chi connectivity index (χ4n) is 3.80. The summed E-state index contributed by atoms with van der Waals surface area (Å²) in [5.41, 5.74) is 0.607. The summed E-state index contributed by atoms with van der Waals surface area (Å²) in [6.45, 7) is 1.04. The number of carbonyl (C=O) groups is 1. The second-order valence-corrected chi connectivity index (χ2v) is 8.07. The molecule has 0 spiro atoms. The smallest absolute Gasteiger partial charge is 0.387 e.